The molecule has 0 saturated carbocycles. The van der Waals surface area contributed by atoms with Gasteiger partial charge in [0.15, 0.2) is 0 Å². The van der Waals surface area contributed by atoms with E-state index in [1.807, 2.05) is 0 Å². The van der Waals surface area contributed by atoms with Crippen molar-refractivity contribution in [3.05, 3.63) is 59.2 Å². The van der Waals surface area contributed by atoms with E-state index in [0.717, 1.165) is 19.3 Å². The molecule has 0 atom stereocenters. The fraction of sp³-hybridized carbons (Fsp3) is 0.300. The monoisotopic (exact) mass is 262 g/mol. The van der Waals surface area contributed by atoms with Gasteiger partial charge >= 0.3 is 0 Å². The zero-order chi connectivity index (χ0) is 14.1. The van der Waals surface area contributed by atoms with Gasteiger partial charge in [0.25, 0.3) is 0 Å². The van der Waals surface area contributed by atoms with Crippen LogP contribution < -0.4 is 0 Å². The second-order valence-electron chi connectivity index (χ2n) is 5.48. The third kappa shape index (κ3) is 2.00. The molecule has 3 rings (SSSR count). The molecule has 0 heteroatoms. The van der Waals surface area contributed by atoms with Gasteiger partial charge in [-0.2, -0.15) is 0 Å². The number of hydrogen-bond acceptors (Lipinski definition) is 0. The summed E-state index contributed by atoms with van der Waals surface area (Å²) in [5.41, 5.74) is 4.42. The van der Waals surface area contributed by atoms with Gasteiger partial charge in [0, 0.05) is 0 Å². The molecule has 3 aromatic carbocycles. The van der Waals surface area contributed by atoms with Gasteiger partial charge in [-0.15, -0.1) is 0 Å². The minimum atomic E-state index is 1.10. The molecule has 0 nitrogen and oxygen atoms in total. The van der Waals surface area contributed by atoms with Crippen LogP contribution in [0.25, 0.3) is 21.5 Å². The molecule has 0 N–H and O–H groups in total. The standard InChI is InChI=1S/C20H22/c1-4-14-7-10-18-16(13-14)9-12-19-17(6-3)15(5-2)8-11-20(18)19/h7-13H,4-6H2,1-3H3. The van der Waals surface area contributed by atoms with Gasteiger partial charge < -0.3 is 0 Å². The molecule has 0 aliphatic rings. The average molecular weight is 262 g/mol. The first-order valence-corrected chi connectivity index (χ1v) is 7.74. The molecule has 102 valence electrons. The summed E-state index contributed by atoms with van der Waals surface area (Å²) in [5.74, 6) is 0. The van der Waals surface area contributed by atoms with E-state index in [2.05, 4.69) is 63.2 Å². The van der Waals surface area contributed by atoms with Gasteiger partial charge in [-0.25, -0.2) is 0 Å². The molecule has 0 heterocycles. The Labute approximate surface area is 121 Å². The highest BCUT2D eigenvalue weighted by Crippen LogP contribution is 2.30. The van der Waals surface area contributed by atoms with Gasteiger partial charge in [-0.05, 0) is 57.5 Å². The molecule has 3 aromatic rings. The first kappa shape index (κ1) is 13.2. The van der Waals surface area contributed by atoms with Crippen LogP contribution in [0.4, 0.5) is 0 Å². The fourth-order valence-corrected chi connectivity index (χ4v) is 3.27. The molecule has 0 fully saturated rings. The van der Waals surface area contributed by atoms with Crippen LogP contribution >= 0.6 is 0 Å². The van der Waals surface area contributed by atoms with Gasteiger partial charge in [-0.1, -0.05) is 63.2 Å². The Morgan fingerprint density at radius 3 is 2.10 bits per heavy atom. The third-order valence-corrected chi connectivity index (χ3v) is 4.43. The molecular weight excluding hydrogens is 240 g/mol. The van der Waals surface area contributed by atoms with Gasteiger partial charge in [-0.3, -0.25) is 0 Å². The summed E-state index contributed by atoms with van der Waals surface area (Å²) in [5, 5.41) is 5.59. The summed E-state index contributed by atoms with van der Waals surface area (Å²) in [6, 6.07) is 16.1. The van der Waals surface area contributed by atoms with Crippen LogP contribution in [0, 0.1) is 0 Å². The zero-order valence-electron chi connectivity index (χ0n) is 12.7. The maximum atomic E-state index is 2.33. The van der Waals surface area contributed by atoms with E-state index in [4.69, 9.17) is 0 Å². The zero-order valence-corrected chi connectivity index (χ0v) is 12.7. The van der Waals surface area contributed by atoms with Crippen molar-refractivity contribution in [1.82, 2.24) is 0 Å². The number of fused-ring (bicyclic) bond motifs is 3. The van der Waals surface area contributed by atoms with E-state index in [0.29, 0.717) is 0 Å². The van der Waals surface area contributed by atoms with Crippen LogP contribution in [0.15, 0.2) is 42.5 Å². The second kappa shape index (κ2) is 5.28. The molecule has 0 spiro atoms. The number of hydrogen-bond donors (Lipinski definition) is 0. The summed E-state index contributed by atoms with van der Waals surface area (Å²) >= 11 is 0. The average Bonchev–Trinajstić information content (AvgIpc) is 2.52. The summed E-state index contributed by atoms with van der Waals surface area (Å²) in [6.07, 6.45) is 3.33. The molecule has 0 aromatic heterocycles. The lowest BCUT2D eigenvalue weighted by molar-refractivity contribution is 1.05. The fourth-order valence-electron chi connectivity index (χ4n) is 3.27. The summed E-state index contributed by atoms with van der Waals surface area (Å²) in [4.78, 5) is 0. The molecule has 0 amide bonds. The quantitative estimate of drug-likeness (QED) is 0.533. The van der Waals surface area contributed by atoms with Crippen molar-refractivity contribution in [2.24, 2.45) is 0 Å². The SMILES string of the molecule is CCc1ccc2c(ccc3c(CC)c(CC)ccc32)c1. The van der Waals surface area contributed by atoms with E-state index in [1.54, 1.807) is 0 Å². The molecule has 0 aliphatic carbocycles. The van der Waals surface area contributed by atoms with E-state index in [-0.39, 0.29) is 0 Å². The largest absolute Gasteiger partial charge is 0.0613 e. The first-order chi connectivity index (χ1) is 9.78. The molecule has 0 saturated heterocycles. The smallest absolute Gasteiger partial charge is 0.0102 e. The van der Waals surface area contributed by atoms with Crippen LogP contribution in [0.1, 0.15) is 37.5 Å². The van der Waals surface area contributed by atoms with Crippen molar-refractivity contribution < 1.29 is 0 Å². The third-order valence-electron chi connectivity index (χ3n) is 4.43. The Hall–Kier alpha value is -1.82. The van der Waals surface area contributed by atoms with E-state index >= 15 is 0 Å². The first-order valence-electron chi connectivity index (χ1n) is 7.74. The maximum absolute atomic E-state index is 2.33. The van der Waals surface area contributed by atoms with Crippen LogP contribution in [0.3, 0.4) is 0 Å². The highest BCUT2D eigenvalue weighted by atomic mass is 14.1. The topological polar surface area (TPSA) is 0 Å². The van der Waals surface area contributed by atoms with Crippen molar-refractivity contribution in [3.8, 4) is 0 Å². The predicted molar refractivity (Wildman–Crippen MR) is 89.6 cm³/mol. The molecule has 20 heavy (non-hydrogen) atoms. The van der Waals surface area contributed by atoms with Crippen LogP contribution in [0.2, 0.25) is 0 Å². The second-order valence-corrected chi connectivity index (χ2v) is 5.48. The van der Waals surface area contributed by atoms with Gasteiger partial charge in [0.1, 0.15) is 0 Å². The maximum Gasteiger partial charge on any atom is -0.0102 e. The lowest BCUT2D eigenvalue weighted by atomic mass is 9.92. The summed E-state index contributed by atoms with van der Waals surface area (Å²) in [7, 11) is 0. The Balaban J connectivity index is 2.37. The number of rotatable bonds is 3. The highest BCUT2D eigenvalue weighted by molar-refractivity contribution is 6.08. The molecule has 0 bridgehead atoms. The minimum Gasteiger partial charge on any atom is -0.0613 e. The molecule has 0 unspecified atom stereocenters. The van der Waals surface area contributed by atoms with Crippen LogP contribution in [0.5, 0.6) is 0 Å². The Morgan fingerprint density at radius 2 is 1.40 bits per heavy atom. The Kier molecular flexibility index (Phi) is 3.48. The van der Waals surface area contributed by atoms with E-state index in [9.17, 15) is 0 Å². The predicted octanol–water partition coefficient (Wildman–Crippen LogP) is 5.68. The normalized spacial score (nSPS) is 11.3. The van der Waals surface area contributed by atoms with Crippen molar-refractivity contribution in [2.45, 2.75) is 40.0 Å². The lowest BCUT2D eigenvalue weighted by Gasteiger charge is -2.13. The number of aryl methyl sites for hydroxylation is 3. The van der Waals surface area contributed by atoms with Crippen molar-refractivity contribution in [2.75, 3.05) is 0 Å². The van der Waals surface area contributed by atoms with Crippen molar-refractivity contribution in [1.29, 1.82) is 0 Å². The molecular formula is C20H22. The van der Waals surface area contributed by atoms with Crippen molar-refractivity contribution in [3.63, 3.8) is 0 Å². The van der Waals surface area contributed by atoms with Crippen LogP contribution in [-0.2, 0) is 19.3 Å². The minimum absolute atomic E-state index is 1.10. The van der Waals surface area contributed by atoms with Gasteiger partial charge in [0.2, 0.25) is 0 Å². The number of benzene rings is 3. The van der Waals surface area contributed by atoms with E-state index < -0.39 is 0 Å². The summed E-state index contributed by atoms with van der Waals surface area (Å²) < 4.78 is 0. The van der Waals surface area contributed by atoms with Crippen molar-refractivity contribution >= 4 is 21.5 Å². The van der Waals surface area contributed by atoms with E-state index in [1.165, 1.54) is 38.2 Å². The lowest BCUT2D eigenvalue weighted by Crippen LogP contribution is -1.93. The van der Waals surface area contributed by atoms with Gasteiger partial charge in [0.05, 0.1) is 0 Å². The Bertz CT molecular complexity index is 766. The summed E-state index contributed by atoms with van der Waals surface area (Å²) in [6.45, 7) is 6.72. The molecule has 0 aliphatic heterocycles. The Morgan fingerprint density at radius 1 is 0.650 bits per heavy atom. The highest BCUT2D eigenvalue weighted by Gasteiger charge is 2.07. The molecule has 0 radical (unpaired) electrons. The van der Waals surface area contributed by atoms with Crippen LogP contribution in [-0.4, -0.2) is 0 Å².